The second-order valence-corrected chi connectivity index (χ2v) is 9.72. The molecule has 0 saturated heterocycles. The molecule has 7 nitrogen and oxygen atoms in total. The molecule has 0 saturated carbocycles. The van der Waals surface area contributed by atoms with Crippen molar-refractivity contribution >= 4 is 43.7 Å². The minimum atomic E-state index is -3.53. The van der Waals surface area contributed by atoms with E-state index in [1.165, 1.54) is 48.9 Å². The van der Waals surface area contributed by atoms with Gasteiger partial charge in [-0.3, -0.25) is 0 Å². The highest BCUT2D eigenvalue weighted by Crippen LogP contribution is 2.26. The first-order valence-electron chi connectivity index (χ1n) is 8.63. The molecule has 0 aliphatic heterocycles. The normalized spacial score (nSPS) is 12.4. The van der Waals surface area contributed by atoms with Crippen molar-refractivity contribution in [3.63, 3.8) is 0 Å². The Morgan fingerprint density at radius 1 is 1.26 bits per heavy atom. The van der Waals surface area contributed by atoms with Crippen molar-refractivity contribution in [1.29, 1.82) is 0 Å². The summed E-state index contributed by atoms with van der Waals surface area (Å²) in [6, 6.07) is 8.40. The van der Waals surface area contributed by atoms with Crippen LogP contribution in [0, 0.1) is 10.5 Å². The topological polar surface area (TPSA) is 72.2 Å². The third-order valence-electron chi connectivity index (χ3n) is 4.77. The lowest BCUT2D eigenvalue weighted by molar-refractivity contribution is 0.509. The number of aromatic nitrogens is 3. The van der Waals surface area contributed by atoms with Crippen molar-refractivity contribution in [2.24, 2.45) is 7.05 Å². The molecule has 0 radical (unpaired) electrons. The number of halogens is 1. The molecule has 0 bridgehead atoms. The van der Waals surface area contributed by atoms with E-state index in [0.717, 1.165) is 18.7 Å². The Hall–Kier alpha value is -1.43. The molecular weight excluding hydrogens is 477 g/mol. The zero-order valence-electron chi connectivity index (χ0n) is 15.9. The van der Waals surface area contributed by atoms with Crippen molar-refractivity contribution in [2.75, 3.05) is 20.6 Å². The highest BCUT2D eigenvalue weighted by atomic mass is 127. The smallest absolute Gasteiger partial charge is 0.308 e. The molecule has 3 aromatic rings. The van der Waals surface area contributed by atoms with Gasteiger partial charge in [0.25, 0.3) is 0 Å². The van der Waals surface area contributed by atoms with Gasteiger partial charge in [-0.05, 0) is 35.6 Å². The molecule has 0 atom stereocenters. The second-order valence-electron chi connectivity index (χ2n) is 6.63. The summed E-state index contributed by atoms with van der Waals surface area (Å²) in [7, 11) is 1.59. The van der Waals surface area contributed by atoms with E-state index in [0.29, 0.717) is 12.2 Å². The Labute approximate surface area is 173 Å². The summed E-state index contributed by atoms with van der Waals surface area (Å²) in [5.74, 6) is 0. The Balaban J connectivity index is 1.66. The fourth-order valence-corrected chi connectivity index (χ4v) is 5.16. The van der Waals surface area contributed by atoms with Gasteiger partial charge in [0, 0.05) is 60.8 Å². The average molecular weight is 501 g/mol. The SMILES string of the molecule is Cc1c(CNCCc2c(I)c3ccccc3n2C)ncn1S(=O)(=O)N(C)C. The van der Waals surface area contributed by atoms with E-state index in [4.69, 9.17) is 0 Å². The van der Waals surface area contributed by atoms with Gasteiger partial charge in [0.1, 0.15) is 6.33 Å². The molecule has 0 aliphatic rings. The molecule has 27 heavy (non-hydrogen) atoms. The molecule has 0 unspecified atom stereocenters. The zero-order chi connectivity index (χ0) is 19.8. The molecular formula is C18H24IN5O2S. The Morgan fingerprint density at radius 3 is 2.63 bits per heavy atom. The van der Waals surface area contributed by atoms with Crippen LogP contribution in [-0.4, -0.2) is 46.9 Å². The Morgan fingerprint density at radius 2 is 1.96 bits per heavy atom. The van der Waals surface area contributed by atoms with Crippen LogP contribution in [0.1, 0.15) is 17.1 Å². The van der Waals surface area contributed by atoms with Crippen molar-refractivity contribution in [1.82, 2.24) is 23.1 Å². The Bertz CT molecular complexity index is 1030. The monoisotopic (exact) mass is 501 g/mol. The summed E-state index contributed by atoms with van der Waals surface area (Å²) in [6.07, 6.45) is 2.26. The van der Waals surface area contributed by atoms with E-state index >= 15 is 0 Å². The fraction of sp³-hybridized carbons (Fsp3) is 0.389. The van der Waals surface area contributed by atoms with Crippen LogP contribution in [-0.2, 0) is 30.2 Å². The van der Waals surface area contributed by atoms with Gasteiger partial charge in [-0.25, -0.2) is 8.96 Å². The van der Waals surface area contributed by atoms with Crippen LogP contribution in [0.15, 0.2) is 30.6 Å². The van der Waals surface area contributed by atoms with Gasteiger partial charge in [0.05, 0.1) is 11.4 Å². The maximum atomic E-state index is 12.3. The third-order valence-corrected chi connectivity index (χ3v) is 7.76. The minimum Gasteiger partial charge on any atom is -0.347 e. The summed E-state index contributed by atoms with van der Waals surface area (Å²) in [4.78, 5) is 4.27. The minimum absolute atomic E-state index is 0.530. The lowest BCUT2D eigenvalue weighted by Gasteiger charge is -2.13. The number of rotatable bonds is 7. The average Bonchev–Trinajstić information content (AvgIpc) is 3.12. The van der Waals surface area contributed by atoms with E-state index in [1.807, 2.05) is 0 Å². The molecule has 2 aromatic heterocycles. The summed E-state index contributed by atoms with van der Waals surface area (Å²) in [5, 5.41) is 4.66. The van der Waals surface area contributed by atoms with Crippen molar-refractivity contribution in [2.45, 2.75) is 19.9 Å². The van der Waals surface area contributed by atoms with Gasteiger partial charge in [0.2, 0.25) is 0 Å². The van der Waals surface area contributed by atoms with Gasteiger partial charge in [-0.2, -0.15) is 12.7 Å². The number of aryl methyl sites for hydroxylation is 1. The number of para-hydroxylation sites is 1. The van der Waals surface area contributed by atoms with Crippen molar-refractivity contribution < 1.29 is 8.42 Å². The Kier molecular flexibility index (Phi) is 5.94. The van der Waals surface area contributed by atoms with E-state index in [-0.39, 0.29) is 0 Å². The molecule has 0 fully saturated rings. The predicted molar refractivity (Wildman–Crippen MR) is 116 cm³/mol. The molecule has 3 rings (SSSR count). The molecule has 9 heteroatoms. The van der Waals surface area contributed by atoms with E-state index in [9.17, 15) is 8.42 Å². The van der Waals surface area contributed by atoms with Crippen molar-refractivity contribution in [3.8, 4) is 0 Å². The number of nitrogens with one attached hydrogen (secondary N) is 1. The van der Waals surface area contributed by atoms with Gasteiger partial charge in [0.15, 0.2) is 0 Å². The van der Waals surface area contributed by atoms with Crippen LogP contribution in [0.2, 0.25) is 0 Å². The maximum absolute atomic E-state index is 12.3. The van der Waals surface area contributed by atoms with Gasteiger partial charge < -0.3 is 9.88 Å². The summed E-state index contributed by atoms with van der Waals surface area (Å²) in [6.45, 7) is 3.09. The first kappa shape index (κ1) is 20.3. The highest BCUT2D eigenvalue weighted by Gasteiger charge is 2.20. The second kappa shape index (κ2) is 7.90. The van der Waals surface area contributed by atoms with Gasteiger partial charge in [-0.1, -0.05) is 18.2 Å². The van der Waals surface area contributed by atoms with E-state index < -0.39 is 10.2 Å². The van der Waals surface area contributed by atoms with Crippen LogP contribution < -0.4 is 5.32 Å². The van der Waals surface area contributed by atoms with Crippen LogP contribution in [0.5, 0.6) is 0 Å². The highest BCUT2D eigenvalue weighted by molar-refractivity contribution is 14.1. The molecule has 0 aliphatic carbocycles. The number of fused-ring (bicyclic) bond motifs is 1. The molecule has 0 spiro atoms. The zero-order valence-corrected chi connectivity index (χ0v) is 18.9. The number of nitrogens with zero attached hydrogens (tertiary/aromatic N) is 4. The van der Waals surface area contributed by atoms with Crippen LogP contribution in [0.25, 0.3) is 10.9 Å². The van der Waals surface area contributed by atoms with Gasteiger partial charge >= 0.3 is 10.2 Å². The number of benzene rings is 1. The summed E-state index contributed by atoms with van der Waals surface area (Å²) in [5.41, 5.74) is 3.91. The van der Waals surface area contributed by atoms with Crippen LogP contribution in [0.4, 0.5) is 0 Å². The summed E-state index contributed by atoms with van der Waals surface area (Å²) < 4.78 is 30.5. The summed E-state index contributed by atoms with van der Waals surface area (Å²) >= 11 is 2.41. The number of imidazole rings is 1. The molecule has 1 N–H and O–H groups in total. The molecule has 146 valence electrons. The standard InChI is InChI=1S/C18H24IN5O2S/c1-13-15(21-12-24(13)27(25,26)22(2)3)11-20-10-9-17-18(19)14-7-5-6-8-16(14)23(17)4/h5-8,12,20H,9-11H2,1-4H3. The maximum Gasteiger partial charge on any atom is 0.308 e. The van der Waals surface area contributed by atoms with E-state index in [2.05, 4.69) is 68.8 Å². The molecule has 1 aromatic carbocycles. The molecule has 0 amide bonds. The largest absolute Gasteiger partial charge is 0.347 e. The quantitative estimate of drug-likeness (QED) is 0.399. The fourth-order valence-electron chi connectivity index (χ4n) is 3.10. The lowest BCUT2D eigenvalue weighted by Crippen LogP contribution is -2.29. The third kappa shape index (κ3) is 3.78. The lowest BCUT2D eigenvalue weighted by atomic mass is 10.2. The van der Waals surface area contributed by atoms with Crippen LogP contribution in [0.3, 0.4) is 0 Å². The molecule has 2 heterocycles. The van der Waals surface area contributed by atoms with Gasteiger partial charge in [-0.15, -0.1) is 0 Å². The predicted octanol–water partition coefficient (Wildman–Crippen LogP) is 2.27. The first-order chi connectivity index (χ1) is 12.7. The first-order valence-corrected chi connectivity index (χ1v) is 11.1. The van der Waals surface area contributed by atoms with Crippen molar-refractivity contribution in [3.05, 3.63) is 51.2 Å². The number of hydrogen-bond acceptors (Lipinski definition) is 4. The number of hydrogen-bond donors (Lipinski definition) is 1. The van der Waals surface area contributed by atoms with Crippen LogP contribution >= 0.6 is 22.6 Å². The van der Waals surface area contributed by atoms with E-state index in [1.54, 1.807) is 6.92 Å².